The van der Waals surface area contributed by atoms with Gasteiger partial charge in [-0.05, 0) is 61.2 Å². The van der Waals surface area contributed by atoms with Crippen molar-refractivity contribution in [3.8, 4) is 11.5 Å². The number of amides is 3. The molecule has 2 aliphatic rings. The topological polar surface area (TPSA) is 84.9 Å². The van der Waals surface area contributed by atoms with Crippen molar-refractivity contribution in [2.75, 3.05) is 18.5 Å². The summed E-state index contributed by atoms with van der Waals surface area (Å²) in [6.45, 7) is 5.07. The fourth-order valence-electron chi connectivity index (χ4n) is 3.91. The second kappa shape index (κ2) is 9.53. The third-order valence-electron chi connectivity index (χ3n) is 5.96. The first-order valence-electron chi connectivity index (χ1n) is 11.1. The van der Waals surface area contributed by atoms with E-state index in [0.717, 1.165) is 19.3 Å². The van der Waals surface area contributed by atoms with Crippen LogP contribution in [0.5, 0.6) is 11.5 Å². The van der Waals surface area contributed by atoms with Crippen LogP contribution >= 0.6 is 0 Å². The highest BCUT2D eigenvalue weighted by Crippen LogP contribution is 2.31. The van der Waals surface area contributed by atoms with E-state index in [9.17, 15) is 14.4 Å². The SMILES string of the molecule is CCC(C)CC(=O)Nc1ccc(Oc2ccc3c(c2)C(=O)N(CC2CCCO2)C3=O)cc1. The van der Waals surface area contributed by atoms with Gasteiger partial charge in [0.05, 0.1) is 23.8 Å². The van der Waals surface area contributed by atoms with Crippen LogP contribution in [0.2, 0.25) is 0 Å². The number of anilines is 1. The van der Waals surface area contributed by atoms with Gasteiger partial charge in [-0.3, -0.25) is 19.3 Å². The number of ether oxygens (including phenoxy) is 2. The third-order valence-corrected chi connectivity index (χ3v) is 5.96. The molecule has 2 unspecified atom stereocenters. The standard InChI is InChI=1S/C25H28N2O5/c1-3-16(2)13-23(28)26-17-6-8-18(9-7-17)32-19-10-11-21-22(14-19)25(30)27(24(21)29)15-20-5-4-12-31-20/h6-11,14,16,20H,3-5,12-13,15H2,1-2H3,(H,26,28). The summed E-state index contributed by atoms with van der Waals surface area (Å²) in [5.74, 6) is 0.765. The zero-order chi connectivity index (χ0) is 22.7. The van der Waals surface area contributed by atoms with Gasteiger partial charge in [0.1, 0.15) is 11.5 Å². The zero-order valence-corrected chi connectivity index (χ0v) is 18.4. The molecule has 168 valence electrons. The molecule has 1 saturated heterocycles. The molecule has 32 heavy (non-hydrogen) atoms. The molecule has 0 aliphatic carbocycles. The van der Waals surface area contributed by atoms with Crippen molar-refractivity contribution in [3.63, 3.8) is 0 Å². The van der Waals surface area contributed by atoms with E-state index in [0.29, 0.717) is 47.3 Å². The summed E-state index contributed by atoms with van der Waals surface area (Å²) >= 11 is 0. The predicted octanol–water partition coefficient (Wildman–Crippen LogP) is 4.63. The first kappa shape index (κ1) is 22.0. The molecule has 2 atom stereocenters. The number of fused-ring (bicyclic) bond motifs is 1. The van der Waals surface area contributed by atoms with Gasteiger partial charge in [-0.15, -0.1) is 0 Å². The van der Waals surface area contributed by atoms with E-state index in [-0.39, 0.29) is 30.4 Å². The Balaban J connectivity index is 1.40. The molecular formula is C25H28N2O5. The van der Waals surface area contributed by atoms with Crippen LogP contribution in [0.4, 0.5) is 5.69 Å². The smallest absolute Gasteiger partial charge is 0.261 e. The Hall–Kier alpha value is -3.19. The molecule has 3 amide bonds. The molecule has 2 aromatic rings. The normalized spacial score (nSPS) is 18.6. The van der Waals surface area contributed by atoms with E-state index in [1.165, 1.54) is 4.90 Å². The minimum Gasteiger partial charge on any atom is -0.457 e. The number of benzene rings is 2. The molecule has 2 aromatic carbocycles. The Bertz CT molecular complexity index is 1010. The van der Waals surface area contributed by atoms with Gasteiger partial charge in [0.15, 0.2) is 0 Å². The maximum Gasteiger partial charge on any atom is 0.261 e. The van der Waals surface area contributed by atoms with Crippen LogP contribution in [0.25, 0.3) is 0 Å². The molecule has 2 aliphatic heterocycles. The summed E-state index contributed by atoms with van der Waals surface area (Å²) in [7, 11) is 0. The van der Waals surface area contributed by atoms with Crippen LogP contribution in [0.15, 0.2) is 42.5 Å². The third kappa shape index (κ3) is 4.83. The molecule has 4 rings (SSSR count). The lowest BCUT2D eigenvalue weighted by molar-refractivity contribution is -0.117. The first-order valence-corrected chi connectivity index (χ1v) is 11.1. The number of rotatable bonds is 8. The Labute approximate surface area is 187 Å². The van der Waals surface area contributed by atoms with Gasteiger partial charge in [-0.1, -0.05) is 20.3 Å². The summed E-state index contributed by atoms with van der Waals surface area (Å²) < 4.78 is 11.5. The van der Waals surface area contributed by atoms with Crippen molar-refractivity contribution in [2.45, 2.75) is 45.6 Å². The summed E-state index contributed by atoms with van der Waals surface area (Å²) in [5, 5.41) is 2.88. The quantitative estimate of drug-likeness (QED) is 0.610. The highest BCUT2D eigenvalue weighted by atomic mass is 16.5. The van der Waals surface area contributed by atoms with Crippen molar-refractivity contribution in [1.82, 2.24) is 4.90 Å². The lowest BCUT2D eigenvalue weighted by Gasteiger charge is -2.17. The van der Waals surface area contributed by atoms with Crippen molar-refractivity contribution in [3.05, 3.63) is 53.6 Å². The van der Waals surface area contributed by atoms with Crippen LogP contribution in [-0.2, 0) is 9.53 Å². The molecule has 0 aromatic heterocycles. The summed E-state index contributed by atoms with van der Waals surface area (Å²) in [6.07, 6.45) is 3.17. The average Bonchev–Trinajstić information content (AvgIpc) is 3.38. The monoisotopic (exact) mass is 436 g/mol. The molecule has 1 N–H and O–H groups in total. The second-order valence-electron chi connectivity index (χ2n) is 8.46. The minimum absolute atomic E-state index is 0.0117. The summed E-state index contributed by atoms with van der Waals surface area (Å²) in [4.78, 5) is 38.8. The van der Waals surface area contributed by atoms with Gasteiger partial charge in [0.2, 0.25) is 5.91 Å². The summed E-state index contributed by atoms with van der Waals surface area (Å²) in [5.41, 5.74) is 1.43. The molecular weight excluding hydrogens is 408 g/mol. The summed E-state index contributed by atoms with van der Waals surface area (Å²) in [6, 6.07) is 12.0. The van der Waals surface area contributed by atoms with Crippen molar-refractivity contribution < 1.29 is 23.9 Å². The Morgan fingerprint density at radius 3 is 2.53 bits per heavy atom. The fraction of sp³-hybridized carbons (Fsp3) is 0.400. The van der Waals surface area contributed by atoms with Crippen LogP contribution in [-0.4, -0.2) is 41.9 Å². The van der Waals surface area contributed by atoms with Crippen molar-refractivity contribution in [2.24, 2.45) is 5.92 Å². The maximum absolute atomic E-state index is 12.8. The van der Waals surface area contributed by atoms with E-state index < -0.39 is 0 Å². The lowest BCUT2D eigenvalue weighted by Crippen LogP contribution is -2.36. The molecule has 7 nitrogen and oxygen atoms in total. The van der Waals surface area contributed by atoms with Gasteiger partial charge in [0.25, 0.3) is 11.8 Å². The molecule has 2 heterocycles. The number of hydrogen-bond acceptors (Lipinski definition) is 5. The number of carbonyl (C=O) groups is 3. The maximum atomic E-state index is 12.8. The van der Waals surface area contributed by atoms with Crippen LogP contribution < -0.4 is 10.1 Å². The minimum atomic E-state index is -0.315. The lowest BCUT2D eigenvalue weighted by atomic mass is 10.1. The number of carbonyl (C=O) groups excluding carboxylic acids is 3. The van der Waals surface area contributed by atoms with Gasteiger partial charge >= 0.3 is 0 Å². The fourth-order valence-corrected chi connectivity index (χ4v) is 3.91. The van der Waals surface area contributed by atoms with Crippen molar-refractivity contribution >= 4 is 23.4 Å². The number of nitrogens with one attached hydrogen (secondary N) is 1. The van der Waals surface area contributed by atoms with Crippen molar-refractivity contribution in [1.29, 1.82) is 0 Å². The number of hydrogen-bond donors (Lipinski definition) is 1. The van der Waals surface area contributed by atoms with E-state index in [1.54, 1.807) is 42.5 Å². The largest absolute Gasteiger partial charge is 0.457 e. The van der Waals surface area contributed by atoms with Gasteiger partial charge in [-0.2, -0.15) is 0 Å². The van der Waals surface area contributed by atoms with Crippen LogP contribution in [0.1, 0.15) is 60.2 Å². The molecule has 1 fully saturated rings. The van der Waals surface area contributed by atoms with Gasteiger partial charge in [-0.25, -0.2) is 0 Å². The molecule has 0 spiro atoms. The average molecular weight is 437 g/mol. The van der Waals surface area contributed by atoms with Gasteiger partial charge < -0.3 is 14.8 Å². The first-order chi connectivity index (χ1) is 15.4. The molecule has 0 radical (unpaired) electrons. The molecule has 7 heteroatoms. The Morgan fingerprint density at radius 2 is 1.84 bits per heavy atom. The second-order valence-corrected chi connectivity index (χ2v) is 8.46. The van der Waals surface area contributed by atoms with Crippen LogP contribution in [0, 0.1) is 5.92 Å². The van der Waals surface area contributed by atoms with Gasteiger partial charge in [0, 0.05) is 18.7 Å². The van der Waals surface area contributed by atoms with E-state index >= 15 is 0 Å². The number of nitrogens with zero attached hydrogens (tertiary/aromatic N) is 1. The highest BCUT2D eigenvalue weighted by molar-refractivity contribution is 6.21. The van der Waals surface area contributed by atoms with Crippen LogP contribution in [0.3, 0.4) is 0 Å². The Kier molecular flexibility index (Phi) is 6.55. The molecule has 0 saturated carbocycles. The number of imide groups is 1. The molecule has 0 bridgehead atoms. The predicted molar refractivity (Wildman–Crippen MR) is 120 cm³/mol. The van der Waals surface area contributed by atoms with E-state index in [4.69, 9.17) is 9.47 Å². The Morgan fingerprint density at radius 1 is 1.12 bits per heavy atom. The van der Waals surface area contributed by atoms with E-state index in [1.807, 2.05) is 6.92 Å². The zero-order valence-electron chi connectivity index (χ0n) is 18.4. The van der Waals surface area contributed by atoms with E-state index in [2.05, 4.69) is 12.2 Å². The highest BCUT2D eigenvalue weighted by Gasteiger charge is 2.37.